The van der Waals surface area contributed by atoms with Crippen LogP contribution in [0.1, 0.15) is 24.5 Å². The molecule has 0 spiro atoms. The van der Waals surface area contributed by atoms with Gasteiger partial charge in [0.1, 0.15) is 5.82 Å². The normalized spacial score (nSPS) is 19.0. The SMILES string of the molecule is CC1CC(=O)N(Cc2ccc(F)cc2C=CC(=O)O)C1. The smallest absolute Gasteiger partial charge is 0.328 e. The number of carboxylic acids is 1. The maximum absolute atomic E-state index is 13.3. The van der Waals surface area contributed by atoms with Crippen LogP contribution in [0.3, 0.4) is 0 Å². The van der Waals surface area contributed by atoms with E-state index in [0.717, 1.165) is 11.6 Å². The third-order valence-electron chi connectivity index (χ3n) is 3.28. The number of aliphatic carboxylic acids is 1. The molecular formula is C15H16FNO3. The molecule has 1 aromatic carbocycles. The zero-order valence-electron chi connectivity index (χ0n) is 11.2. The Bertz CT molecular complexity index is 568. The van der Waals surface area contributed by atoms with Gasteiger partial charge in [0, 0.05) is 25.6 Å². The molecule has 1 aromatic rings. The van der Waals surface area contributed by atoms with E-state index in [1.165, 1.54) is 18.2 Å². The Morgan fingerprint density at radius 3 is 2.90 bits per heavy atom. The molecule has 1 atom stereocenters. The molecular weight excluding hydrogens is 261 g/mol. The zero-order valence-corrected chi connectivity index (χ0v) is 11.2. The molecule has 0 aromatic heterocycles. The molecule has 1 N–H and O–H groups in total. The largest absolute Gasteiger partial charge is 0.478 e. The van der Waals surface area contributed by atoms with E-state index in [2.05, 4.69) is 0 Å². The van der Waals surface area contributed by atoms with Crippen LogP contribution in [0.4, 0.5) is 4.39 Å². The van der Waals surface area contributed by atoms with Gasteiger partial charge in [-0.2, -0.15) is 0 Å². The molecule has 106 valence electrons. The summed E-state index contributed by atoms with van der Waals surface area (Å²) in [6.45, 7) is 3.06. The van der Waals surface area contributed by atoms with Crippen LogP contribution in [0.25, 0.3) is 6.08 Å². The average molecular weight is 277 g/mol. The number of benzene rings is 1. The monoisotopic (exact) mass is 277 g/mol. The van der Waals surface area contributed by atoms with Crippen molar-refractivity contribution in [2.24, 2.45) is 5.92 Å². The number of rotatable bonds is 4. The average Bonchev–Trinajstić information content (AvgIpc) is 2.68. The van der Waals surface area contributed by atoms with E-state index >= 15 is 0 Å². The summed E-state index contributed by atoms with van der Waals surface area (Å²) >= 11 is 0. The van der Waals surface area contributed by atoms with Crippen molar-refractivity contribution in [2.75, 3.05) is 6.54 Å². The van der Waals surface area contributed by atoms with Crippen LogP contribution in [-0.2, 0) is 16.1 Å². The van der Waals surface area contributed by atoms with Gasteiger partial charge in [0.15, 0.2) is 0 Å². The van der Waals surface area contributed by atoms with E-state index in [9.17, 15) is 14.0 Å². The lowest BCUT2D eigenvalue weighted by Gasteiger charge is -2.17. The molecule has 1 aliphatic rings. The minimum atomic E-state index is -1.09. The third-order valence-corrected chi connectivity index (χ3v) is 3.28. The first-order chi connectivity index (χ1) is 9.45. The van der Waals surface area contributed by atoms with Crippen LogP contribution < -0.4 is 0 Å². The van der Waals surface area contributed by atoms with Gasteiger partial charge in [-0.15, -0.1) is 0 Å². The maximum atomic E-state index is 13.3. The quantitative estimate of drug-likeness (QED) is 0.859. The lowest BCUT2D eigenvalue weighted by molar-refractivity contribution is -0.131. The highest BCUT2D eigenvalue weighted by molar-refractivity contribution is 5.85. The number of carboxylic acid groups (broad SMARTS) is 1. The van der Waals surface area contributed by atoms with Crippen molar-refractivity contribution < 1.29 is 19.1 Å². The summed E-state index contributed by atoms with van der Waals surface area (Å²) in [5.41, 5.74) is 1.23. The molecule has 0 bridgehead atoms. The fourth-order valence-corrected chi connectivity index (χ4v) is 2.35. The topological polar surface area (TPSA) is 57.6 Å². The lowest BCUT2D eigenvalue weighted by atomic mass is 10.1. The number of hydrogen-bond donors (Lipinski definition) is 1. The standard InChI is InChI=1S/C15H16FNO3/c1-10-6-14(18)17(8-10)9-12-2-4-13(16)7-11(12)3-5-15(19)20/h2-5,7,10H,6,8-9H2,1H3,(H,19,20). The summed E-state index contributed by atoms with van der Waals surface area (Å²) in [5.74, 6) is -1.12. The van der Waals surface area contributed by atoms with Crippen molar-refractivity contribution in [3.8, 4) is 0 Å². The number of nitrogens with zero attached hydrogens (tertiary/aromatic N) is 1. The van der Waals surface area contributed by atoms with Gasteiger partial charge >= 0.3 is 5.97 Å². The second kappa shape index (κ2) is 5.86. The molecule has 0 aliphatic carbocycles. The summed E-state index contributed by atoms with van der Waals surface area (Å²) in [7, 11) is 0. The van der Waals surface area contributed by atoms with Crippen molar-refractivity contribution in [2.45, 2.75) is 19.9 Å². The van der Waals surface area contributed by atoms with Crippen molar-refractivity contribution in [1.82, 2.24) is 4.90 Å². The Kier molecular flexibility index (Phi) is 4.17. The highest BCUT2D eigenvalue weighted by Gasteiger charge is 2.26. The summed E-state index contributed by atoms with van der Waals surface area (Å²) in [6.07, 6.45) is 2.85. The maximum Gasteiger partial charge on any atom is 0.328 e. The molecule has 1 saturated heterocycles. The van der Waals surface area contributed by atoms with Gasteiger partial charge in [0.2, 0.25) is 5.91 Å². The molecule has 1 aliphatic heterocycles. The van der Waals surface area contributed by atoms with Gasteiger partial charge < -0.3 is 10.0 Å². The highest BCUT2D eigenvalue weighted by Crippen LogP contribution is 2.22. The first-order valence-electron chi connectivity index (χ1n) is 6.43. The van der Waals surface area contributed by atoms with Gasteiger partial charge in [0.05, 0.1) is 0 Å². The molecule has 1 amide bonds. The molecule has 1 fully saturated rings. The summed E-state index contributed by atoms with van der Waals surface area (Å²) in [5, 5.41) is 8.65. The molecule has 20 heavy (non-hydrogen) atoms. The highest BCUT2D eigenvalue weighted by atomic mass is 19.1. The van der Waals surface area contributed by atoms with E-state index in [1.54, 1.807) is 11.0 Å². The predicted octanol–water partition coefficient (Wildman–Crippen LogP) is 2.29. The Morgan fingerprint density at radius 1 is 1.55 bits per heavy atom. The van der Waals surface area contributed by atoms with Crippen LogP contribution >= 0.6 is 0 Å². The van der Waals surface area contributed by atoms with Crippen molar-refractivity contribution in [3.05, 3.63) is 41.2 Å². The lowest BCUT2D eigenvalue weighted by Crippen LogP contribution is -2.24. The number of hydrogen-bond acceptors (Lipinski definition) is 2. The van der Waals surface area contributed by atoms with Crippen LogP contribution in [-0.4, -0.2) is 28.4 Å². The number of amides is 1. The van der Waals surface area contributed by atoms with Gasteiger partial charge in [0.25, 0.3) is 0 Å². The minimum Gasteiger partial charge on any atom is -0.478 e. The molecule has 1 heterocycles. The van der Waals surface area contributed by atoms with Crippen molar-refractivity contribution in [3.63, 3.8) is 0 Å². The van der Waals surface area contributed by atoms with Crippen molar-refractivity contribution in [1.29, 1.82) is 0 Å². The Balaban J connectivity index is 2.22. The second-order valence-electron chi connectivity index (χ2n) is 5.10. The first kappa shape index (κ1) is 14.2. The van der Waals surface area contributed by atoms with Gasteiger partial charge in [-0.25, -0.2) is 9.18 Å². The number of halogens is 1. The predicted molar refractivity (Wildman–Crippen MR) is 72.3 cm³/mol. The number of carbonyl (C=O) groups excluding carboxylic acids is 1. The fourth-order valence-electron chi connectivity index (χ4n) is 2.35. The van der Waals surface area contributed by atoms with Gasteiger partial charge in [-0.3, -0.25) is 4.79 Å². The van der Waals surface area contributed by atoms with Crippen LogP contribution in [0, 0.1) is 11.7 Å². The Hall–Kier alpha value is -2.17. The molecule has 5 heteroatoms. The summed E-state index contributed by atoms with van der Waals surface area (Å²) in [4.78, 5) is 24.1. The van der Waals surface area contributed by atoms with Crippen LogP contribution in [0.5, 0.6) is 0 Å². The zero-order chi connectivity index (χ0) is 14.7. The summed E-state index contributed by atoms with van der Waals surface area (Å²) in [6, 6.07) is 4.18. The molecule has 0 radical (unpaired) electrons. The van der Waals surface area contributed by atoms with E-state index in [0.29, 0.717) is 31.0 Å². The van der Waals surface area contributed by atoms with E-state index < -0.39 is 11.8 Å². The summed E-state index contributed by atoms with van der Waals surface area (Å²) < 4.78 is 13.3. The molecule has 4 nitrogen and oxygen atoms in total. The van der Waals surface area contributed by atoms with E-state index in [4.69, 9.17) is 5.11 Å². The van der Waals surface area contributed by atoms with Crippen LogP contribution in [0.15, 0.2) is 24.3 Å². The first-order valence-corrected chi connectivity index (χ1v) is 6.43. The minimum absolute atomic E-state index is 0.0787. The van der Waals surface area contributed by atoms with E-state index in [-0.39, 0.29) is 5.91 Å². The fraction of sp³-hybridized carbons (Fsp3) is 0.333. The van der Waals surface area contributed by atoms with E-state index in [1.807, 2.05) is 6.92 Å². The molecule has 0 saturated carbocycles. The molecule has 1 unspecified atom stereocenters. The number of carbonyl (C=O) groups is 2. The van der Waals surface area contributed by atoms with Crippen LogP contribution in [0.2, 0.25) is 0 Å². The third kappa shape index (κ3) is 3.44. The van der Waals surface area contributed by atoms with Gasteiger partial charge in [-0.1, -0.05) is 13.0 Å². The Morgan fingerprint density at radius 2 is 2.30 bits per heavy atom. The van der Waals surface area contributed by atoms with Crippen molar-refractivity contribution >= 4 is 18.0 Å². The Labute approximate surface area is 116 Å². The second-order valence-corrected chi connectivity index (χ2v) is 5.10. The van der Waals surface area contributed by atoms with Gasteiger partial charge in [-0.05, 0) is 35.3 Å². The number of likely N-dealkylation sites (tertiary alicyclic amines) is 1. The molecule has 2 rings (SSSR count).